The first kappa shape index (κ1) is 17.5. The molecule has 3 aromatic rings. The van der Waals surface area contributed by atoms with Crippen molar-refractivity contribution in [1.29, 1.82) is 0 Å². The summed E-state index contributed by atoms with van der Waals surface area (Å²) in [6, 6.07) is 12.2. The summed E-state index contributed by atoms with van der Waals surface area (Å²) in [6.07, 6.45) is 0.765. The zero-order valence-electron chi connectivity index (χ0n) is 16.2. The van der Waals surface area contributed by atoms with Crippen molar-refractivity contribution in [3.8, 4) is 5.75 Å². The van der Waals surface area contributed by atoms with Gasteiger partial charge < -0.3 is 10.1 Å². The van der Waals surface area contributed by atoms with Crippen molar-refractivity contribution in [3.05, 3.63) is 69.9 Å². The van der Waals surface area contributed by atoms with Crippen LogP contribution in [0.5, 0.6) is 5.75 Å². The number of pyridine rings is 1. The lowest BCUT2D eigenvalue weighted by Crippen LogP contribution is -2.33. The Labute approximate surface area is 159 Å². The Morgan fingerprint density at radius 3 is 2.70 bits per heavy atom. The van der Waals surface area contributed by atoms with E-state index in [1.807, 2.05) is 38.1 Å². The topological polar surface area (TPSA) is 51.2 Å². The van der Waals surface area contributed by atoms with E-state index >= 15 is 0 Å². The number of nitrogens with zero attached hydrogens (tertiary/aromatic N) is 1. The highest BCUT2D eigenvalue weighted by Gasteiger charge is 2.25. The van der Waals surface area contributed by atoms with Crippen LogP contribution in [0.3, 0.4) is 0 Å². The summed E-state index contributed by atoms with van der Waals surface area (Å²) in [5.41, 5.74) is 6.82. The molecule has 1 aliphatic rings. The molecule has 1 amide bonds. The monoisotopic (exact) mass is 360 g/mol. The summed E-state index contributed by atoms with van der Waals surface area (Å²) in [6.45, 7) is 8.66. The summed E-state index contributed by atoms with van der Waals surface area (Å²) in [5, 5.41) is 4.19. The second-order valence-electron chi connectivity index (χ2n) is 7.48. The molecule has 4 rings (SSSR count). The molecule has 2 heterocycles. The third-order valence-corrected chi connectivity index (χ3v) is 5.19. The van der Waals surface area contributed by atoms with Gasteiger partial charge in [-0.15, -0.1) is 0 Å². The Hall–Kier alpha value is -2.88. The highest BCUT2D eigenvalue weighted by atomic mass is 16.5. The molecule has 27 heavy (non-hydrogen) atoms. The van der Waals surface area contributed by atoms with E-state index < -0.39 is 0 Å². The molecule has 4 nitrogen and oxygen atoms in total. The van der Waals surface area contributed by atoms with Gasteiger partial charge in [0.2, 0.25) is 0 Å². The predicted molar refractivity (Wildman–Crippen MR) is 107 cm³/mol. The van der Waals surface area contributed by atoms with E-state index in [9.17, 15) is 4.79 Å². The molecule has 0 saturated heterocycles. The van der Waals surface area contributed by atoms with Crippen LogP contribution in [0.15, 0.2) is 36.4 Å². The van der Waals surface area contributed by atoms with Gasteiger partial charge in [0.05, 0.1) is 29.4 Å². The number of carbonyl (C=O) groups is 1. The van der Waals surface area contributed by atoms with Crippen LogP contribution in [-0.4, -0.2) is 17.5 Å². The van der Waals surface area contributed by atoms with E-state index in [-0.39, 0.29) is 11.9 Å². The van der Waals surface area contributed by atoms with Crippen molar-refractivity contribution < 1.29 is 9.53 Å². The van der Waals surface area contributed by atoms with Gasteiger partial charge in [-0.1, -0.05) is 29.8 Å². The van der Waals surface area contributed by atoms with Gasteiger partial charge >= 0.3 is 0 Å². The molecule has 4 heteroatoms. The smallest absolute Gasteiger partial charge is 0.253 e. The Morgan fingerprint density at radius 1 is 1.07 bits per heavy atom. The zero-order chi connectivity index (χ0) is 19.1. The van der Waals surface area contributed by atoms with E-state index in [0.717, 1.165) is 45.5 Å². The van der Waals surface area contributed by atoms with Crippen molar-refractivity contribution in [2.75, 3.05) is 6.61 Å². The number of aryl methyl sites for hydroxylation is 4. The largest absolute Gasteiger partial charge is 0.493 e. The average Bonchev–Trinajstić information content (AvgIpc) is 2.61. The fourth-order valence-corrected chi connectivity index (χ4v) is 3.87. The van der Waals surface area contributed by atoms with Crippen LogP contribution in [0.4, 0.5) is 0 Å². The first-order valence-corrected chi connectivity index (χ1v) is 9.35. The molecule has 1 N–H and O–H groups in total. The number of fused-ring (bicyclic) bond motifs is 2. The molecule has 0 aliphatic carbocycles. The number of aromatic nitrogens is 1. The molecule has 0 saturated carbocycles. The maximum Gasteiger partial charge on any atom is 0.253 e. The second-order valence-corrected chi connectivity index (χ2v) is 7.48. The molecule has 0 bridgehead atoms. The summed E-state index contributed by atoms with van der Waals surface area (Å²) in [7, 11) is 0. The quantitative estimate of drug-likeness (QED) is 0.719. The molecule has 0 radical (unpaired) electrons. The molecule has 1 unspecified atom stereocenters. The van der Waals surface area contributed by atoms with Gasteiger partial charge in [0, 0.05) is 17.4 Å². The number of carbonyl (C=O) groups excluding carboxylic acids is 1. The Kier molecular flexibility index (Phi) is 4.34. The maximum atomic E-state index is 13.0. The highest BCUT2D eigenvalue weighted by Crippen LogP contribution is 2.36. The van der Waals surface area contributed by atoms with E-state index in [4.69, 9.17) is 4.74 Å². The van der Waals surface area contributed by atoms with Crippen LogP contribution < -0.4 is 10.1 Å². The first-order valence-electron chi connectivity index (χ1n) is 9.35. The van der Waals surface area contributed by atoms with Crippen molar-refractivity contribution >= 4 is 16.8 Å². The lowest BCUT2D eigenvalue weighted by atomic mass is 9.95. The molecule has 1 aliphatic heterocycles. The van der Waals surface area contributed by atoms with Gasteiger partial charge in [0.25, 0.3) is 5.91 Å². The molecule has 1 aromatic heterocycles. The van der Waals surface area contributed by atoms with Crippen LogP contribution in [0.1, 0.15) is 50.8 Å². The van der Waals surface area contributed by atoms with Crippen LogP contribution in [0.25, 0.3) is 10.9 Å². The van der Waals surface area contributed by atoms with Crippen molar-refractivity contribution in [2.45, 2.75) is 40.2 Å². The lowest BCUT2D eigenvalue weighted by Gasteiger charge is -2.28. The summed E-state index contributed by atoms with van der Waals surface area (Å²) in [4.78, 5) is 17.7. The number of amides is 1. The number of benzene rings is 2. The van der Waals surface area contributed by atoms with E-state index in [0.29, 0.717) is 12.2 Å². The number of hydrogen-bond acceptors (Lipinski definition) is 3. The van der Waals surface area contributed by atoms with E-state index in [2.05, 4.69) is 36.3 Å². The van der Waals surface area contributed by atoms with E-state index in [1.54, 1.807) is 0 Å². The fourth-order valence-electron chi connectivity index (χ4n) is 3.87. The predicted octanol–water partition coefficient (Wildman–Crippen LogP) is 4.72. The normalized spacial score (nSPS) is 15.9. The molecule has 1 atom stereocenters. The fraction of sp³-hybridized carbons (Fsp3) is 0.304. The average molecular weight is 360 g/mol. The third kappa shape index (κ3) is 3.27. The van der Waals surface area contributed by atoms with Gasteiger partial charge in [0.1, 0.15) is 5.75 Å². The number of hydrogen-bond donors (Lipinski definition) is 1. The van der Waals surface area contributed by atoms with Gasteiger partial charge in [0.15, 0.2) is 0 Å². The summed E-state index contributed by atoms with van der Waals surface area (Å²) >= 11 is 0. The van der Waals surface area contributed by atoms with Gasteiger partial charge in [-0.25, -0.2) is 0 Å². The SMILES string of the molecule is Cc1cc(C)c2c(c1)C(NC(=O)c1cc3ccc(C)cc3nc1C)CCO2. The third-order valence-electron chi connectivity index (χ3n) is 5.19. The molecule has 2 aromatic carbocycles. The van der Waals surface area contributed by atoms with Crippen LogP contribution >= 0.6 is 0 Å². The molecular weight excluding hydrogens is 336 g/mol. The van der Waals surface area contributed by atoms with Crippen molar-refractivity contribution in [2.24, 2.45) is 0 Å². The van der Waals surface area contributed by atoms with Crippen LogP contribution in [0.2, 0.25) is 0 Å². The molecule has 0 spiro atoms. The summed E-state index contributed by atoms with van der Waals surface area (Å²) < 4.78 is 5.86. The number of nitrogens with one attached hydrogen (secondary N) is 1. The van der Waals surface area contributed by atoms with Crippen LogP contribution in [0, 0.1) is 27.7 Å². The van der Waals surface area contributed by atoms with Gasteiger partial charge in [-0.05, 0) is 51.0 Å². The maximum absolute atomic E-state index is 13.0. The summed E-state index contributed by atoms with van der Waals surface area (Å²) in [5.74, 6) is 0.820. The highest BCUT2D eigenvalue weighted by molar-refractivity contribution is 5.99. The van der Waals surface area contributed by atoms with Crippen molar-refractivity contribution in [1.82, 2.24) is 10.3 Å². The Morgan fingerprint density at radius 2 is 1.89 bits per heavy atom. The van der Waals surface area contributed by atoms with Gasteiger partial charge in [-0.2, -0.15) is 0 Å². The second kappa shape index (κ2) is 6.69. The van der Waals surface area contributed by atoms with Gasteiger partial charge in [-0.3, -0.25) is 9.78 Å². The minimum atomic E-state index is -0.0838. The lowest BCUT2D eigenvalue weighted by molar-refractivity contribution is 0.0923. The number of ether oxygens (including phenoxy) is 1. The zero-order valence-corrected chi connectivity index (χ0v) is 16.2. The molecule has 138 valence electrons. The van der Waals surface area contributed by atoms with Crippen molar-refractivity contribution in [3.63, 3.8) is 0 Å². The minimum absolute atomic E-state index is 0.0482. The standard InChI is InChI=1S/C23H24N2O2/c1-13-5-6-17-12-18(16(4)24-21(17)11-13)23(26)25-20-7-8-27-22-15(3)9-14(2)10-19(20)22/h5-6,9-12,20H,7-8H2,1-4H3,(H,25,26). The number of rotatable bonds is 2. The Balaban J connectivity index is 1.67. The van der Waals surface area contributed by atoms with Crippen LogP contribution in [-0.2, 0) is 0 Å². The minimum Gasteiger partial charge on any atom is -0.493 e. The van der Waals surface area contributed by atoms with E-state index in [1.165, 1.54) is 5.56 Å². The first-order chi connectivity index (χ1) is 12.9. The molecule has 0 fully saturated rings. The molecular formula is C23H24N2O2. The Bertz CT molecular complexity index is 1060.